The van der Waals surface area contributed by atoms with Crippen molar-refractivity contribution in [3.8, 4) is 11.5 Å². The van der Waals surface area contributed by atoms with E-state index in [9.17, 15) is 9.59 Å². The molecule has 0 spiro atoms. The largest absolute Gasteiger partial charge is 0.493 e. The molecule has 0 bridgehead atoms. The maximum Gasteiger partial charge on any atom is 0.252 e. The Balaban J connectivity index is 1.57. The van der Waals surface area contributed by atoms with E-state index in [2.05, 4.69) is 10.3 Å². The van der Waals surface area contributed by atoms with E-state index in [0.717, 1.165) is 16.7 Å². The number of benzene rings is 2. The molecule has 2 aromatic carbocycles. The van der Waals surface area contributed by atoms with Crippen molar-refractivity contribution in [1.29, 1.82) is 0 Å². The fourth-order valence-electron chi connectivity index (χ4n) is 3.93. The second kappa shape index (κ2) is 9.51. The van der Waals surface area contributed by atoms with Crippen molar-refractivity contribution in [3.63, 3.8) is 0 Å². The number of carbonyl (C=O) groups excluding carboxylic acids is 2. The number of nitrogens with zero attached hydrogens (tertiary/aromatic N) is 2. The van der Waals surface area contributed by atoms with E-state index in [1.807, 2.05) is 48.5 Å². The van der Waals surface area contributed by atoms with E-state index in [0.29, 0.717) is 30.2 Å². The lowest BCUT2D eigenvalue weighted by molar-refractivity contribution is -0.133. The molecule has 1 aliphatic rings. The van der Waals surface area contributed by atoms with Gasteiger partial charge in [0.1, 0.15) is 0 Å². The molecule has 0 radical (unpaired) electrons. The zero-order chi connectivity index (χ0) is 22.5. The van der Waals surface area contributed by atoms with Gasteiger partial charge in [-0.1, -0.05) is 30.3 Å². The molecular formula is C25H25N3O4. The Bertz CT molecular complexity index is 1120. The van der Waals surface area contributed by atoms with Crippen molar-refractivity contribution < 1.29 is 19.1 Å². The van der Waals surface area contributed by atoms with Crippen LogP contribution in [0.1, 0.15) is 39.5 Å². The number of ether oxygens (including phenoxy) is 2. The molecular weight excluding hydrogens is 406 g/mol. The summed E-state index contributed by atoms with van der Waals surface area (Å²) in [5.41, 5.74) is 3.33. The first kappa shape index (κ1) is 21.4. The number of amides is 2. The van der Waals surface area contributed by atoms with Gasteiger partial charge < -0.3 is 19.7 Å². The highest BCUT2D eigenvalue weighted by molar-refractivity contribution is 5.99. The van der Waals surface area contributed by atoms with Crippen LogP contribution in [0.15, 0.2) is 67.0 Å². The molecule has 7 heteroatoms. The van der Waals surface area contributed by atoms with Gasteiger partial charge in [-0.15, -0.1) is 0 Å². The Morgan fingerprint density at radius 3 is 2.53 bits per heavy atom. The molecule has 2 amide bonds. The van der Waals surface area contributed by atoms with Crippen LogP contribution in [0.2, 0.25) is 0 Å². The number of hydrogen-bond acceptors (Lipinski definition) is 5. The Kier molecular flexibility index (Phi) is 6.35. The predicted octanol–water partition coefficient (Wildman–Crippen LogP) is 3.50. The van der Waals surface area contributed by atoms with Gasteiger partial charge in [0.15, 0.2) is 11.5 Å². The Morgan fingerprint density at radius 1 is 1.00 bits per heavy atom. The number of methoxy groups -OCH3 is 2. The monoisotopic (exact) mass is 431 g/mol. The van der Waals surface area contributed by atoms with Crippen molar-refractivity contribution in [2.24, 2.45) is 0 Å². The first-order chi connectivity index (χ1) is 15.6. The van der Waals surface area contributed by atoms with Gasteiger partial charge >= 0.3 is 0 Å². The molecule has 2 heterocycles. The van der Waals surface area contributed by atoms with Gasteiger partial charge in [-0.05, 0) is 41.0 Å². The summed E-state index contributed by atoms with van der Waals surface area (Å²) in [4.78, 5) is 31.6. The molecule has 3 aromatic rings. The minimum Gasteiger partial charge on any atom is -0.493 e. The lowest BCUT2D eigenvalue weighted by Crippen LogP contribution is -2.33. The molecule has 0 saturated carbocycles. The van der Waals surface area contributed by atoms with E-state index >= 15 is 0 Å². The van der Waals surface area contributed by atoms with Crippen molar-refractivity contribution in [2.75, 3.05) is 14.2 Å². The summed E-state index contributed by atoms with van der Waals surface area (Å²) in [5, 5.41) is 2.93. The van der Waals surface area contributed by atoms with Gasteiger partial charge in [-0.3, -0.25) is 14.6 Å². The van der Waals surface area contributed by atoms with Crippen molar-refractivity contribution in [3.05, 3.63) is 89.2 Å². The third kappa shape index (κ3) is 4.56. The molecule has 1 aliphatic heterocycles. The number of pyridine rings is 1. The fraction of sp³-hybridized carbons (Fsp3) is 0.240. The normalized spacial score (nSPS) is 14.4. The summed E-state index contributed by atoms with van der Waals surface area (Å²) in [5.74, 6) is 1.03. The number of hydrogen-bond donors (Lipinski definition) is 1. The summed E-state index contributed by atoms with van der Waals surface area (Å²) in [6.45, 7) is 0.791. The molecule has 7 nitrogen and oxygen atoms in total. The van der Waals surface area contributed by atoms with Crippen LogP contribution in [0.5, 0.6) is 11.5 Å². The number of nitrogens with one attached hydrogen (secondary N) is 1. The zero-order valence-corrected chi connectivity index (χ0v) is 18.1. The number of carbonyl (C=O) groups is 2. The summed E-state index contributed by atoms with van der Waals surface area (Å²) in [7, 11) is 3.17. The van der Waals surface area contributed by atoms with E-state index < -0.39 is 0 Å². The summed E-state index contributed by atoms with van der Waals surface area (Å²) < 4.78 is 10.7. The minimum absolute atomic E-state index is 0.0642. The van der Waals surface area contributed by atoms with Crippen molar-refractivity contribution in [1.82, 2.24) is 15.2 Å². The number of fused-ring (bicyclic) bond motifs is 1. The molecule has 1 N–H and O–H groups in total. The summed E-state index contributed by atoms with van der Waals surface area (Å²) in [6.07, 6.45) is 3.63. The summed E-state index contributed by atoms with van der Waals surface area (Å²) >= 11 is 0. The van der Waals surface area contributed by atoms with Gasteiger partial charge in [0.25, 0.3) is 5.91 Å². The molecule has 1 aromatic heterocycles. The van der Waals surface area contributed by atoms with Crippen molar-refractivity contribution in [2.45, 2.75) is 25.6 Å². The SMILES string of the molecule is COc1ccc(CN(Cc2cccnc2)C(=O)CC2NC(=O)c3ccccc32)cc1OC. The Labute approximate surface area is 187 Å². The topological polar surface area (TPSA) is 80.8 Å². The van der Waals surface area contributed by atoms with Crippen LogP contribution in [-0.2, 0) is 17.9 Å². The third-order valence-corrected chi connectivity index (χ3v) is 5.54. The average molecular weight is 431 g/mol. The molecule has 0 saturated heterocycles. The standard InChI is InChI=1S/C25H25N3O4/c1-31-22-10-9-17(12-23(22)32-2)15-28(16-18-6-5-11-26-14-18)24(29)13-21-19-7-3-4-8-20(19)25(30)27-21/h3-12,14,21H,13,15-16H2,1-2H3,(H,27,30). The summed E-state index contributed by atoms with van der Waals surface area (Å²) in [6, 6.07) is 16.4. The molecule has 1 unspecified atom stereocenters. The van der Waals surface area contributed by atoms with Crippen LogP contribution in [0.25, 0.3) is 0 Å². The van der Waals surface area contributed by atoms with Crippen LogP contribution in [0, 0.1) is 0 Å². The van der Waals surface area contributed by atoms with Crippen LogP contribution in [0.4, 0.5) is 0 Å². The molecule has 0 aliphatic carbocycles. The Morgan fingerprint density at radius 2 is 1.78 bits per heavy atom. The first-order valence-electron chi connectivity index (χ1n) is 10.4. The number of rotatable bonds is 8. The second-order valence-corrected chi connectivity index (χ2v) is 7.62. The first-order valence-corrected chi connectivity index (χ1v) is 10.4. The van der Waals surface area contributed by atoms with Gasteiger partial charge in [0.2, 0.25) is 5.91 Å². The molecule has 164 valence electrons. The highest BCUT2D eigenvalue weighted by Crippen LogP contribution is 2.30. The van der Waals surface area contributed by atoms with Crippen molar-refractivity contribution >= 4 is 11.8 Å². The maximum atomic E-state index is 13.4. The third-order valence-electron chi connectivity index (χ3n) is 5.54. The second-order valence-electron chi connectivity index (χ2n) is 7.62. The lowest BCUT2D eigenvalue weighted by atomic mass is 10.0. The number of aromatic nitrogens is 1. The highest BCUT2D eigenvalue weighted by atomic mass is 16.5. The van der Waals surface area contributed by atoms with Crippen LogP contribution < -0.4 is 14.8 Å². The Hall–Kier alpha value is -3.87. The van der Waals surface area contributed by atoms with Crippen LogP contribution >= 0.6 is 0 Å². The minimum atomic E-state index is -0.340. The predicted molar refractivity (Wildman–Crippen MR) is 119 cm³/mol. The molecule has 1 atom stereocenters. The van der Waals surface area contributed by atoms with E-state index in [4.69, 9.17) is 9.47 Å². The molecule has 0 fully saturated rings. The van der Waals surface area contributed by atoms with Gasteiger partial charge in [0, 0.05) is 31.0 Å². The zero-order valence-electron chi connectivity index (χ0n) is 18.1. The maximum absolute atomic E-state index is 13.4. The van der Waals surface area contributed by atoms with Gasteiger partial charge in [-0.25, -0.2) is 0 Å². The highest BCUT2D eigenvalue weighted by Gasteiger charge is 2.31. The van der Waals surface area contributed by atoms with E-state index in [-0.39, 0.29) is 24.3 Å². The quantitative estimate of drug-likeness (QED) is 0.590. The smallest absolute Gasteiger partial charge is 0.252 e. The fourth-order valence-corrected chi connectivity index (χ4v) is 3.93. The molecule has 4 rings (SSSR count). The van der Waals surface area contributed by atoms with Gasteiger partial charge in [0.05, 0.1) is 26.7 Å². The molecule has 32 heavy (non-hydrogen) atoms. The van der Waals surface area contributed by atoms with E-state index in [1.165, 1.54) is 0 Å². The van der Waals surface area contributed by atoms with Crippen LogP contribution in [0.3, 0.4) is 0 Å². The average Bonchev–Trinajstić information content (AvgIpc) is 3.14. The van der Waals surface area contributed by atoms with E-state index in [1.54, 1.807) is 37.6 Å². The lowest BCUT2D eigenvalue weighted by Gasteiger charge is -2.25. The van der Waals surface area contributed by atoms with Gasteiger partial charge in [-0.2, -0.15) is 0 Å². The van der Waals surface area contributed by atoms with Crippen LogP contribution in [-0.4, -0.2) is 35.9 Å².